The normalized spacial score (nSPS) is 10.2. The fraction of sp³-hybridized carbons (Fsp3) is 0.235. The Morgan fingerprint density at radius 1 is 1.05 bits per heavy atom. The van der Waals surface area contributed by atoms with Crippen LogP contribution in [0.5, 0.6) is 5.75 Å². The lowest BCUT2D eigenvalue weighted by Gasteiger charge is -2.07. The van der Waals surface area contributed by atoms with Crippen molar-refractivity contribution in [3.8, 4) is 5.75 Å². The molecule has 0 atom stereocenters. The Bertz CT molecular complexity index is 577. The van der Waals surface area contributed by atoms with Crippen LogP contribution in [0.25, 0.3) is 0 Å². The number of hydrogen-bond acceptors (Lipinski definition) is 3. The van der Waals surface area contributed by atoms with E-state index < -0.39 is 0 Å². The minimum atomic E-state index is -0.0963. The number of rotatable bonds is 6. The molecule has 2 aromatic rings. The number of nitrogens with two attached hydrogens (primary N) is 1. The molecule has 2 aromatic carbocycles. The smallest absolute Gasteiger partial charge is 0.251 e. The van der Waals surface area contributed by atoms with Crippen molar-refractivity contribution in [1.82, 2.24) is 5.32 Å². The van der Waals surface area contributed by atoms with Gasteiger partial charge in [-0.1, -0.05) is 24.3 Å². The van der Waals surface area contributed by atoms with Crippen LogP contribution >= 0.6 is 0 Å². The minimum absolute atomic E-state index is 0.0963. The van der Waals surface area contributed by atoms with Crippen molar-refractivity contribution in [1.29, 1.82) is 0 Å². The lowest BCUT2D eigenvalue weighted by atomic mass is 10.1. The Balaban J connectivity index is 1.91. The number of carbonyl (C=O) groups is 1. The lowest BCUT2D eigenvalue weighted by molar-refractivity contribution is 0.0951. The van der Waals surface area contributed by atoms with E-state index in [4.69, 9.17) is 10.5 Å². The summed E-state index contributed by atoms with van der Waals surface area (Å²) in [7, 11) is 0. The molecule has 0 unspecified atom stereocenters. The Labute approximate surface area is 124 Å². The van der Waals surface area contributed by atoms with Crippen molar-refractivity contribution in [3.05, 3.63) is 65.2 Å². The van der Waals surface area contributed by atoms with E-state index in [1.165, 1.54) is 0 Å². The largest absolute Gasteiger partial charge is 0.494 e. The molecule has 2 rings (SSSR count). The summed E-state index contributed by atoms with van der Waals surface area (Å²) in [6.45, 7) is 3.57. The van der Waals surface area contributed by atoms with Gasteiger partial charge in [0.15, 0.2) is 0 Å². The second kappa shape index (κ2) is 7.45. The molecule has 1 amide bonds. The molecule has 0 aromatic heterocycles. The molecule has 0 heterocycles. The first-order valence-corrected chi connectivity index (χ1v) is 7.02. The monoisotopic (exact) mass is 284 g/mol. The number of carbonyl (C=O) groups excluding carboxylic acids is 1. The number of hydrogen-bond donors (Lipinski definition) is 2. The van der Waals surface area contributed by atoms with E-state index in [1.54, 1.807) is 24.3 Å². The van der Waals surface area contributed by atoms with Crippen LogP contribution in [0.4, 0.5) is 0 Å². The summed E-state index contributed by atoms with van der Waals surface area (Å²) < 4.78 is 5.35. The highest BCUT2D eigenvalue weighted by Crippen LogP contribution is 2.12. The van der Waals surface area contributed by atoms with E-state index in [1.807, 2.05) is 31.2 Å². The second-order valence-corrected chi connectivity index (χ2v) is 4.66. The molecule has 21 heavy (non-hydrogen) atoms. The molecule has 3 N–H and O–H groups in total. The van der Waals surface area contributed by atoms with Crippen LogP contribution in [0, 0.1) is 0 Å². The van der Waals surface area contributed by atoms with Crippen molar-refractivity contribution in [3.63, 3.8) is 0 Å². The fourth-order valence-corrected chi connectivity index (χ4v) is 1.95. The number of amides is 1. The highest BCUT2D eigenvalue weighted by Gasteiger charge is 2.05. The van der Waals surface area contributed by atoms with Gasteiger partial charge in [0.2, 0.25) is 0 Å². The van der Waals surface area contributed by atoms with Crippen LogP contribution in [-0.2, 0) is 13.1 Å². The van der Waals surface area contributed by atoms with Gasteiger partial charge in [0.25, 0.3) is 5.91 Å². The van der Waals surface area contributed by atoms with Gasteiger partial charge in [-0.2, -0.15) is 0 Å². The van der Waals surface area contributed by atoms with Crippen molar-refractivity contribution >= 4 is 5.91 Å². The predicted molar refractivity (Wildman–Crippen MR) is 83.1 cm³/mol. The highest BCUT2D eigenvalue weighted by molar-refractivity contribution is 5.94. The molecule has 0 radical (unpaired) electrons. The van der Waals surface area contributed by atoms with Crippen LogP contribution < -0.4 is 15.8 Å². The molecular weight excluding hydrogens is 264 g/mol. The van der Waals surface area contributed by atoms with Gasteiger partial charge >= 0.3 is 0 Å². The third-order valence-corrected chi connectivity index (χ3v) is 3.14. The van der Waals surface area contributed by atoms with E-state index in [0.29, 0.717) is 25.3 Å². The molecule has 0 aliphatic rings. The molecule has 0 saturated heterocycles. The summed E-state index contributed by atoms with van der Waals surface area (Å²) in [5.74, 6) is 0.673. The predicted octanol–water partition coefficient (Wildman–Crippen LogP) is 2.47. The molecule has 0 saturated carbocycles. The number of benzene rings is 2. The van der Waals surface area contributed by atoms with Crippen LogP contribution in [0.15, 0.2) is 48.5 Å². The van der Waals surface area contributed by atoms with Crippen molar-refractivity contribution in [2.75, 3.05) is 6.61 Å². The zero-order valence-corrected chi connectivity index (χ0v) is 12.1. The van der Waals surface area contributed by atoms with E-state index in [2.05, 4.69) is 5.32 Å². The van der Waals surface area contributed by atoms with E-state index in [-0.39, 0.29) is 5.91 Å². The maximum atomic E-state index is 12.0. The molecule has 0 aliphatic carbocycles. The van der Waals surface area contributed by atoms with E-state index >= 15 is 0 Å². The van der Waals surface area contributed by atoms with Crippen LogP contribution in [0.2, 0.25) is 0 Å². The number of nitrogens with one attached hydrogen (secondary N) is 1. The van der Waals surface area contributed by atoms with Gasteiger partial charge in [0, 0.05) is 18.7 Å². The van der Waals surface area contributed by atoms with E-state index in [9.17, 15) is 4.79 Å². The SMILES string of the molecule is CCOc1ccc(C(=O)NCc2ccc(CN)cc2)cc1. The molecule has 4 heteroatoms. The third-order valence-electron chi connectivity index (χ3n) is 3.14. The maximum Gasteiger partial charge on any atom is 0.251 e. The standard InChI is InChI=1S/C17H20N2O2/c1-2-21-16-9-7-15(8-10-16)17(20)19-12-14-5-3-13(11-18)4-6-14/h3-10H,2,11-12,18H2,1H3,(H,19,20). The van der Waals surface area contributed by atoms with Gasteiger partial charge in [-0.05, 0) is 42.3 Å². The van der Waals surface area contributed by atoms with Crippen LogP contribution in [-0.4, -0.2) is 12.5 Å². The Morgan fingerprint density at radius 2 is 1.67 bits per heavy atom. The third kappa shape index (κ3) is 4.33. The Morgan fingerprint density at radius 3 is 2.24 bits per heavy atom. The van der Waals surface area contributed by atoms with Crippen molar-refractivity contribution in [2.45, 2.75) is 20.0 Å². The lowest BCUT2D eigenvalue weighted by Crippen LogP contribution is -2.22. The summed E-state index contributed by atoms with van der Waals surface area (Å²) in [5.41, 5.74) is 8.30. The Hall–Kier alpha value is -2.33. The second-order valence-electron chi connectivity index (χ2n) is 4.66. The quantitative estimate of drug-likeness (QED) is 0.856. The van der Waals surface area contributed by atoms with Crippen LogP contribution in [0.1, 0.15) is 28.4 Å². The summed E-state index contributed by atoms with van der Waals surface area (Å²) in [6, 6.07) is 15.0. The molecule has 110 valence electrons. The van der Waals surface area contributed by atoms with Crippen molar-refractivity contribution < 1.29 is 9.53 Å². The average Bonchev–Trinajstić information content (AvgIpc) is 2.54. The topological polar surface area (TPSA) is 64.3 Å². The van der Waals surface area contributed by atoms with Gasteiger partial charge in [-0.3, -0.25) is 4.79 Å². The van der Waals surface area contributed by atoms with Gasteiger partial charge in [0.1, 0.15) is 5.75 Å². The maximum absolute atomic E-state index is 12.0. The molecular formula is C17H20N2O2. The van der Waals surface area contributed by atoms with Gasteiger partial charge in [-0.15, -0.1) is 0 Å². The van der Waals surface area contributed by atoms with Gasteiger partial charge in [-0.25, -0.2) is 0 Å². The number of ether oxygens (including phenoxy) is 1. The molecule has 4 nitrogen and oxygen atoms in total. The molecule has 0 spiro atoms. The minimum Gasteiger partial charge on any atom is -0.494 e. The molecule has 0 bridgehead atoms. The first-order chi connectivity index (χ1) is 10.2. The summed E-state index contributed by atoms with van der Waals surface area (Å²) in [6.07, 6.45) is 0. The summed E-state index contributed by atoms with van der Waals surface area (Å²) in [4.78, 5) is 12.0. The summed E-state index contributed by atoms with van der Waals surface area (Å²) in [5, 5.41) is 2.89. The zero-order valence-electron chi connectivity index (χ0n) is 12.1. The zero-order chi connectivity index (χ0) is 15.1. The van der Waals surface area contributed by atoms with E-state index in [0.717, 1.165) is 16.9 Å². The van der Waals surface area contributed by atoms with Gasteiger partial charge in [0.05, 0.1) is 6.61 Å². The molecule has 0 aliphatic heterocycles. The summed E-state index contributed by atoms with van der Waals surface area (Å²) >= 11 is 0. The average molecular weight is 284 g/mol. The van der Waals surface area contributed by atoms with Crippen molar-refractivity contribution in [2.24, 2.45) is 5.73 Å². The van der Waals surface area contributed by atoms with Crippen LogP contribution in [0.3, 0.4) is 0 Å². The highest BCUT2D eigenvalue weighted by atomic mass is 16.5. The fourth-order valence-electron chi connectivity index (χ4n) is 1.95. The van der Waals surface area contributed by atoms with Gasteiger partial charge < -0.3 is 15.8 Å². The first-order valence-electron chi connectivity index (χ1n) is 7.02. The Kier molecular flexibility index (Phi) is 5.35. The first kappa shape index (κ1) is 15.1. The molecule has 0 fully saturated rings.